The number of methoxy groups -OCH3 is 1. The van der Waals surface area contributed by atoms with Crippen molar-refractivity contribution in [1.29, 1.82) is 0 Å². The Morgan fingerprint density at radius 3 is 3.06 bits per heavy atom. The van der Waals surface area contributed by atoms with Gasteiger partial charge >= 0.3 is 0 Å². The minimum Gasteiger partial charge on any atom is -0.391 e. The van der Waals surface area contributed by atoms with E-state index in [1.54, 1.807) is 7.11 Å². The quantitative estimate of drug-likeness (QED) is 0.661. The van der Waals surface area contributed by atoms with Gasteiger partial charge in [-0.25, -0.2) is 0 Å². The molecule has 2 N–H and O–H groups in total. The highest BCUT2D eigenvalue weighted by atomic mass is 16.5. The average molecular weight is 244 g/mol. The molecule has 0 aromatic rings. The summed E-state index contributed by atoms with van der Waals surface area (Å²) in [5, 5.41) is 12.8. The molecule has 100 valence electrons. The second kappa shape index (κ2) is 7.63. The Hall–Kier alpha value is -0.650. The molecule has 1 saturated heterocycles. The Kier molecular flexibility index (Phi) is 6.47. The third kappa shape index (κ3) is 4.61. The molecule has 1 amide bonds. The van der Waals surface area contributed by atoms with Crippen molar-refractivity contribution < 1.29 is 14.6 Å². The molecule has 1 aliphatic heterocycles. The first kappa shape index (κ1) is 14.4. The number of ether oxygens (including phenoxy) is 1. The summed E-state index contributed by atoms with van der Waals surface area (Å²) in [6.07, 6.45) is 2.05. The van der Waals surface area contributed by atoms with Crippen LogP contribution in [0.15, 0.2) is 0 Å². The minimum absolute atomic E-state index is 0.0340. The van der Waals surface area contributed by atoms with Gasteiger partial charge in [-0.3, -0.25) is 4.79 Å². The molecule has 17 heavy (non-hydrogen) atoms. The van der Waals surface area contributed by atoms with Crippen LogP contribution < -0.4 is 5.32 Å². The van der Waals surface area contributed by atoms with E-state index in [1.165, 1.54) is 0 Å². The Morgan fingerprint density at radius 2 is 2.41 bits per heavy atom. The van der Waals surface area contributed by atoms with Crippen molar-refractivity contribution in [2.75, 3.05) is 33.4 Å². The number of amides is 1. The number of hydrogen-bond donors (Lipinski definition) is 2. The first-order valence-corrected chi connectivity index (χ1v) is 6.38. The molecule has 2 atom stereocenters. The molecule has 1 heterocycles. The van der Waals surface area contributed by atoms with E-state index in [9.17, 15) is 9.90 Å². The fourth-order valence-electron chi connectivity index (χ4n) is 2.18. The number of likely N-dealkylation sites (N-methyl/N-ethyl adjacent to an activating group) is 1. The summed E-state index contributed by atoms with van der Waals surface area (Å²) >= 11 is 0. The first-order chi connectivity index (χ1) is 8.19. The maximum Gasteiger partial charge on any atom is 0.239 e. The molecule has 1 rings (SSSR count). The number of nitrogens with one attached hydrogen (secondary N) is 1. The zero-order valence-electron chi connectivity index (χ0n) is 10.8. The second-order valence-electron chi connectivity index (χ2n) is 4.48. The summed E-state index contributed by atoms with van der Waals surface area (Å²) in [6, 6.07) is -0.0340. The number of piperidine rings is 1. The van der Waals surface area contributed by atoms with E-state index in [0.29, 0.717) is 19.6 Å². The smallest absolute Gasteiger partial charge is 0.239 e. The summed E-state index contributed by atoms with van der Waals surface area (Å²) in [5.41, 5.74) is 0. The summed E-state index contributed by atoms with van der Waals surface area (Å²) in [7, 11) is 1.57. The van der Waals surface area contributed by atoms with Gasteiger partial charge in [0, 0.05) is 20.2 Å². The van der Waals surface area contributed by atoms with Gasteiger partial charge in [0.2, 0.25) is 5.91 Å². The molecule has 0 aliphatic carbocycles. The van der Waals surface area contributed by atoms with Crippen molar-refractivity contribution in [3.05, 3.63) is 0 Å². The standard InChI is InChI=1S/C12H24N2O3/c1-3-13-11-5-4-7-14(12(11)16)8-6-10(15)9-17-2/h10-11,13,15H,3-9H2,1-2H3. The number of aliphatic hydroxyl groups is 1. The lowest BCUT2D eigenvalue weighted by atomic mass is 10.0. The molecule has 5 heteroatoms. The number of aliphatic hydroxyl groups excluding tert-OH is 1. The van der Waals surface area contributed by atoms with E-state index >= 15 is 0 Å². The Balaban J connectivity index is 2.34. The molecular formula is C12H24N2O3. The van der Waals surface area contributed by atoms with Crippen LogP contribution in [-0.2, 0) is 9.53 Å². The van der Waals surface area contributed by atoms with Crippen LogP contribution in [0.5, 0.6) is 0 Å². The molecular weight excluding hydrogens is 220 g/mol. The van der Waals surface area contributed by atoms with E-state index in [4.69, 9.17) is 4.74 Å². The Morgan fingerprint density at radius 1 is 1.65 bits per heavy atom. The summed E-state index contributed by atoms with van der Waals surface area (Å²) in [6.45, 7) is 4.58. The molecule has 1 aliphatic rings. The maximum absolute atomic E-state index is 12.0. The van der Waals surface area contributed by atoms with Crippen molar-refractivity contribution >= 4 is 5.91 Å². The molecule has 1 fully saturated rings. The third-order valence-corrected chi connectivity index (χ3v) is 3.07. The van der Waals surface area contributed by atoms with Gasteiger partial charge in [-0.05, 0) is 25.8 Å². The highest BCUT2D eigenvalue weighted by Crippen LogP contribution is 2.12. The van der Waals surface area contributed by atoms with Gasteiger partial charge in [0.1, 0.15) is 0 Å². The summed E-state index contributed by atoms with van der Waals surface area (Å²) in [5.74, 6) is 0.169. The number of rotatable bonds is 7. The lowest BCUT2D eigenvalue weighted by molar-refractivity contribution is -0.136. The van der Waals surface area contributed by atoms with Crippen molar-refractivity contribution in [3.63, 3.8) is 0 Å². The summed E-state index contributed by atoms with van der Waals surface area (Å²) < 4.78 is 4.86. The average Bonchev–Trinajstić information content (AvgIpc) is 2.31. The van der Waals surface area contributed by atoms with Crippen molar-refractivity contribution in [3.8, 4) is 0 Å². The highest BCUT2D eigenvalue weighted by Gasteiger charge is 2.27. The van der Waals surface area contributed by atoms with Crippen LogP contribution in [0.4, 0.5) is 0 Å². The van der Waals surface area contributed by atoms with E-state index < -0.39 is 6.10 Å². The molecule has 0 bridgehead atoms. The van der Waals surface area contributed by atoms with Gasteiger partial charge in [-0.15, -0.1) is 0 Å². The van der Waals surface area contributed by atoms with Gasteiger partial charge < -0.3 is 20.1 Å². The predicted octanol–water partition coefficient (Wildman–Crippen LogP) is -0.0157. The third-order valence-electron chi connectivity index (χ3n) is 3.07. The van der Waals surface area contributed by atoms with Gasteiger partial charge in [-0.1, -0.05) is 6.92 Å². The maximum atomic E-state index is 12.0. The molecule has 2 unspecified atom stereocenters. The zero-order valence-corrected chi connectivity index (χ0v) is 10.8. The van der Waals surface area contributed by atoms with Gasteiger partial charge in [0.15, 0.2) is 0 Å². The zero-order chi connectivity index (χ0) is 12.7. The van der Waals surface area contributed by atoms with Crippen molar-refractivity contribution in [1.82, 2.24) is 10.2 Å². The fourth-order valence-corrected chi connectivity index (χ4v) is 2.18. The van der Waals surface area contributed by atoms with Crippen LogP contribution in [0, 0.1) is 0 Å². The molecule has 0 saturated carbocycles. The molecule has 0 aromatic heterocycles. The molecule has 0 spiro atoms. The minimum atomic E-state index is -0.479. The van der Waals surface area contributed by atoms with E-state index in [2.05, 4.69) is 5.32 Å². The van der Waals surface area contributed by atoms with Crippen molar-refractivity contribution in [2.24, 2.45) is 0 Å². The van der Waals surface area contributed by atoms with Crippen molar-refractivity contribution in [2.45, 2.75) is 38.3 Å². The van der Waals surface area contributed by atoms with E-state index in [0.717, 1.165) is 25.9 Å². The van der Waals surface area contributed by atoms with Crippen LogP contribution in [0.3, 0.4) is 0 Å². The number of carbonyl (C=O) groups excluding carboxylic acids is 1. The van der Waals surface area contributed by atoms with Crippen LogP contribution in [0.1, 0.15) is 26.2 Å². The molecule has 5 nitrogen and oxygen atoms in total. The second-order valence-corrected chi connectivity index (χ2v) is 4.48. The van der Waals surface area contributed by atoms with Crippen LogP contribution in [0.25, 0.3) is 0 Å². The first-order valence-electron chi connectivity index (χ1n) is 6.38. The van der Waals surface area contributed by atoms with E-state index in [1.807, 2.05) is 11.8 Å². The SMILES string of the molecule is CCNC1CCCN(CCC(O)COC)C1=O. The monoisotopic (exact) mass is 244 g/mol. The van der Waals surface area contributed by atoms with Gasteiger partial charge in [0.25, 0.3) is 0 Å². The normalized spacial score (nSPS) is 22.9. The Bertz CT molecular complexity index is 234. The van der Waals surface area contributed by atoms with Crippen LogP contribution in [0.2, 0.25) is 0 Å². The number of hydrogen-bond acceptors (Lipinski definition) is 4. The van der Waals surface area contributed by atoms with Gasteiger partial charge in [-0.2, -0.15) is 0 Å². The fraction of sp³-hybridized carbons (Fsp3) is 0.917. The summed E-state index contributed by atoms with van der Waals surface area (Å²) in [4.78, 5) is 13.9. The lowest BCUT2D eigenvalue weighted by Gasteiger charge is -2.33. The number of likely N-dealkylation sites (tertiary alicyclic amines) is 1. The van der Waals surface area contributed by atoms with Gasteiger partial charge in [0.05, 0.1) is 18.8 Å². The lowest BCUT2D eigenvalue weighted by Crippen LogP contribution is -2.51. The number of nitrogens with zero attached hydrogens (tertiary/aromatic N) is 1. The highest BCUT2D eigenvalue weighted by molar-refractivity contribution is 5.82. The molecule has 0 aromatic carbocycles. The molecule has 0 radical (unpaired) electrons. The van der Waals surface area contributed by atoms with Crippen LogP contribution >= 0.6 is 0 Å². The predicted molar refractivity (Wildman–Crippen MR) is 65.8 cm³/mol. The largest absolute Gasteiger partial charge is 0.391 e. The van der Waals surface area contributed by atoms with E-state index in [-0.39, 0.29) is 11.9 Å². The number of carbonyl (C=O) groups is 1. The van der Waals surface area contributed by atoms with Crippen LogP contribution in [-0.4, -0.2) is 61.4 Å². The Labute approximate surface area is 103 Å². The topological polar surface area (TPSA) is 61.8 Å².